The molecular weight excluding hydrogens is 236 g/mol. The summed E-state index contributed by atoms with van der Waals surface area (Å²) >= 11 is 2.04. The third kappa shape index (κ3) is 1.97. The van der Waals surface area contributed by atoms with E-state index in [9.17, 15) is 0 Å². The highest BCUT2D eigenvalue weighted by Gasteiger charge is 2.19. The highest BCUT2D eigenvalue weighted by Crippen LogP contribution is 2.41. The predicted molar refractivity (Wildman–Crippen MR) is 82.2 cm³/mol. The van der Waals surface area contributed by atoms with Crippen molar-refractivity contribution in [2.45, 2.75) is 36.8 Å². The van der Waals surface area contributed by atoms with Gasteiger partial charge in [-0.2, -0.15) is 0 Å². The van der Waals surface area contributed by atoms with Crippen LogP contribution < -0.4 is 0 Å². The number of hydrogen-bond donors (Lipinski definition) is 0. The van der Waals surface area contributed by atoms with E-state index in [0.717, 1.165) is 6.42 Å². The molecule has 0 saturated heterocycles. The van der Waals surface area contributed by atoms with E-state index >= 15 is 0 Å². The maximum absolute atomic E-state index is 2.41. The van der Waals surface area contributed by atoms with E-state index in [1.165, 1.54) is 27.7 Å². The van der Waals surface area contributed by atoms with Gasteiger partial charge in [0, 0.05) is 10.1 Å². The van der Waals surface area contributed by atoms with Crippen LogP contribution in [0.5, 0.6) is 0 Å². The van der Waals surface area contributed by atoms with Gasteiger partial charge in [0.05, 0.1) is 0 Å². The Morgan fingerprint density at radius 2 is 1.78 bits per heavy atom. The lowest BCUT2D eigenvalue weighted by Crippen LogP contribution is -2.08. The number of hydrogen-bond acceptors (Lipinski definition) is 1. The van der Waals surface area contributed by atoms with E-state index in [-0.39, 0.29) is 0 Å². The van der Waals surface area contributed by atoms with Crippen LogP contribution in [0, 0.1) is 0 Å². The van der Waals surface area contributed by atoms with Gasteiger partial charge in [-0.15, -0.1) is 11.8 Å². The lowest BCUT2D eigenvalue weighted by Gasteiger charge is -2.24. The summed E-state index contributed by atoms with van der Waals surface area (Å²) in [6.07, 6.45) is 4.79. The van der Waals surface area contributed by atoms with Crippen LogP contribution in [0.1, 0.15) is 32.3 Å². The fourth-order valence-corrected chi connectivity index (χ4v) is 3.96. The highest BCUT2D eigenvalue weighted by molar-refractivity contribution is 8.00. The first-order chi connectivity index (χ1) is 8.81. The minimum atomic E-state index is 0.670. The van der Waals surface area contributed by atoms with E-state index < -0.39 is 0 Å². The zero-order valence-electron chi connectivity index (χ0n) is 10.9. The van der Waals surface area contributed by atoms with Gasteiger partial charge >= 0.3 is 0 Å². The Kier molecular flexibility index (Phi) is 3.17. The second kappa shape index (κ2) is 4.81. The van der Waals surface area contributed by atoms with E-state index in [2.05, 4.69) is 56.3 Å². The lowest BCUT2D eigenvalue weighted by molar-refractivity contribution is 0.878. The molecule has 1 aliphatic heterocycles. The second-order valence-electron chi connectivity index (χ2n) is 4.82. The Morgan fingerprint density at radius 1 is 1.06 bits per heavy atom. The molecule has 2 aromatic carbocycles. The van der Waals surface area contributed by atoms with Crippen LogP contribution in [-0.4, -0.2) is 5.25 Å². The summed E-state index contributed by atoms with van der Waals surface area (Å²) in [5.74, 6) is 0. The van der Waals surface area contributed by atoms with E-state index in [1.54, 1.807) is 5.57 Å². The summed E-state index contributed by atoms with van der Waals surface area (Å²) in [5.41, 5.74) is 2.99. The molecule has 1 atom stereocenters. The zero-order chi connectivity index (χ0) is 12.5. The van der Waals surface area contributed by atoms with Crippen LogP contribution in [0.15, 0.2) is 46.9 Å². The average Bonchev–Trinajstić information content (AvgIpc) is 2.43. The minimum Gasteiger partial charge on any atom is -0.118 e. The van der Waals surface area contributed by atoms with Crippen molar-refractivity contribution >= 4 is 28.6 Å². The van der Waals surface area contributed by atoms with Crippen molar-refractivity contribution in [1.82, 2.24) is 0 Å². The van der Waals surface area contributed by atoms with E-state index in [1.807, 2.05) is 11.8 Å². The molecule has 0 radical (unpaired) electrons. The van der Waals surface area contributed by atoms with Gasteiger partial charge in [0.15, 0.2) is 0 Å². The van der Waals surface area contributed by atoms with Gasteiger partial charge in [-0.3, -0.25) is 0 Å². The number of thioether (sulfide) groups is 1. The molecule has 0 fully saturated rings. The standard InChI is InChI=1S/C17H18S/c1-3-12-9-15-10-13-7-5-6-8-14(13)11-17(15)18-16(12)4-2/h5-11,16H,3-4H2,1-2H3. The summed E-state index contributed by atoms with van der Waals surface area (Å²) in [6, 6.07) is 13.3. The van der Waals surface area contributed by atoms with Crippen molar-refractivity contribution in [3.63, 3.8) is 0 Å². The van der Waals surface area contributed by atoms with E-state index in [4.69, 9.17) is 0 Å². The molecular formula is C17H18S. The molecule has 0 nitrogen and oxygen atoms in total. The number of benzene rings is 2. The number of fused-ring (bicyclic) bond motifs is 2. The van der Waals surface area contributed by atoms with Gasteiger partial charge in [0.2, 0.25) is 0 Å². The molecule has 2 aromatic rings. The van der Waals surface area contributed by atoms with Crippen LogP contribution >= 0.6 is 11.8 Å². The van der Waals surface area contributed by atoms with Crippen molar-refractivity contribution in [2.75, 3.05) is 0 Å². The van der Waals surface area contributed by atoms with Crippen LogP contribution in [0.2, 0.25) is 0 Å². The topological polar surface area (TPSA) is 0 Å². The fourth-order valence-electron chi connectivity index (χ4n) is 2.65. The van der Waals surface area contributed by atoms with Crippen LogP contribution in [-0.2, 0) is 0 Å². The van der Waals surface area contributed by atoms with Crippen LogP contribution in [0.3, 0.4) is 0 Å². The van der Waals surface area contributed by atoms with Gasteiger partial charge in [-0.25, -0.2) is 0 Å². The number of rotatable bonds is 2. The Hall–Kier alpha value is -1.21. The zero-order valence-corrected chi connectivity index (χ0v) is 11.8. The summed E-state index contributed by atoms with van der Waals surface area (Å²) in [7, 11) is 0. The fraction of sp³-hybridized carbons (Fsp3) is 0.294. The monoisotopic (exact) mass is 254 g/mol. The van der Waals surface area contributed by atoms with Crippen molar-refractivity contribution < 1.29 is 0 Å². The van der Waals surface area contributed by atoms with Gasteiger partial charge < -0.3 is 0 Å². The molecule has 1 heteroatoms. The molecule has 18 heavy (non-hydrogen) atoms. The molecule has 1 aliphatic rings. The van der Waals surface area contributed by atoms with E-state index in [0.29, 0.717) is 5.25 Å². The quantitative estimate of drug-likeness (QED) is 0.680. The molecule has 0 aliphatic carbocycles. The van der Waals surface area contributed by atoms with Crippen molar-refractivity contribution in [1.29, 1.82) is 0 Å². The average molecular weight is 254 g/mol. The summed E-state index contributed by atoms with van der Waals surface area (Å²) in [4.78, 5) is 1.44. The molecule has 3 rings (SSSR count). The maximum atomic E-state index is 2.41. The summed E-state index contributed by atoms with van der Waals surface area (Å²) in [5, 5.41) is 3.37. The van der Waals surface area contributed by atoms with Gasteiger partial charge in [0.25, 0.3) is 0 Å². The molecule has 0 aromatic heterocycles. The second-order valence-corrected chi connectivity index (χ2v) is 6.07. The molecule has 0 bridgehead atoms. The molecule has 0 N–H and O–H groups in total. The molecule has 0 saturated carbocycles. The smallest absolute Gasteiger partial charge is 0.0304 e. The maximum Gasteiger partial charge on any atom is 0.0304 e. The van der Waals surface area contributed by atoms with Crippen molar-refractivity contribution in [3.05, 3.63) is 47.5 Å². The van der Waals surface area contributed by atoms with Crippen molar-refractivity contribution in [2.24, 2.45) is 0 Å². The van der Waals surface area contributed by atoms with Crippen molar-refractivity contribution in [3.8, 4) is 0 Å². The molecule has 92 valence electrons. The molecule has 1 heterocycles. The normalized spacial score (nSPS) is 18.6. The summed E-state index contributed by atoms with van der Waals surface area (Å²) in [6.45, 7) is 4.55. The molecule has 0 spiro atoms. The largest absolute Gasteiger partial charge is 0.118 e. The van der Waals surface area contributed by atoms with Crippen LogP contribution in [0.4, 0.5) is 0 Å². The molecule has 0 amide bonds. The first-order valence-electron chi connectivity index (χ1n) is 6.71. The van der Waals surface area contributed by atoms with Crippen LogP contribution in [0.25, 0.3) is 16.8 Å². The third-order valence-corrected chi connectivity index (χ3v) is 5.21. The van der Waals surface area contributed by atoms with Gasteiger partial charge in [-0.05, 0) is 41.3 Å². The Balaban J connectivity index is 2.16. The molecule has 1 unspecified atom stereocenters. The Morgan fingerprint density at radius 3 is 2.44 bits per heavy atom. The SMILES string of the molecule is CCC1=Cc2cc3ccccc3cc2SC1CC. The Labute approximate surface area is 113 Å². The van der Waals surface area contributed by atoms with Gasteiger partial charge in [-0.1, -0.05) is 49.8 Å². The Bertz CT molecular complexity index is 610. The van der Waals surface area contributed by atoms with Gasteiger partial charge in [0.1, 0.15) is 0 Å². The minimum absolute atomic E-state index is 0.670. The third-order valence-electron chi connectivity index (χ3n) is 3.68. The highest BCUT2D eigenvalue weighted by atomic mass is 32.2. The lowest BCUT2D eigenvalue weighted by atomic mass is 10.0. The first kappa shape index (κ1) is 11.9. The first-order valence-corrected chi connectivity index (χ1v) is 7.59. The summed E-state index contributed by atoms with van der Waals surface area (Å²) < 4.78 is 0. The predicted octanol–water partition coefficient (Wildman–Crippen LogP) is 5.52.